The van der Waals surface area contributed by atoms with Crippen molar-refractivity contribution in [2.45, 2.75) is 25.3 Å². The second-order valence-corrected chi connectivity index (χ2v) is 6.67. The molecule has 2 fully saturated rings. The second-order valence-electron chi connectivity index (χ2n) is 6.67. The molecule has 10 heteroatoms. The van der Waals surface area contributed by atoms with Gasteiger partial charge in [0.1, 0.15) is 12.1 Å². The third kappa shape index (κ3) is 3.48. The molecule has 0 radical (unpaired) electrons. The van der Waals surface area contributed by atoms with Crippen LogP contribution in [0.25, 0.3) is 0 Å². The third-order valence-corrected chi connectivity index (χ3v) is 5.01. The number of piperidine rings is 1. The van der Waals surface area contributed by atoms with Crippen LogP contribution >= 0.6 is 0 Å². The van der Waals surface area contributed by atoms with Crippen LogP contribution in [0.3, 0.4) is 0 Å². The Bertz CT molecular complexity index is 897. The van der Waals surface area contributed by atoms with Crippen molar-refractivity contribution in [1.82, 2.24) is 25.0 Å². The summed E-state index contributed by atoms with van der Waals surface area (Å²) in [5.41, 5.74) is 0.440. The van der Waals surface area contributed by atoms with Gasteiger partial charge in [-0.2, -0.15) is 10.2 Å². The Kier molecular flexibility index (Phi) is 5.08. The molecule has 1 atom stereocenters. The van der Waals surface area contributed by atoms with Gasteiger partial charge in [0.25, 0.3) is 0 Å². The van der Waals surface area contributed by atoms with E-state index < -0.39 is 5.82 Å². The molecule has 9 nitrogen and oxygen atoms in total. The van der Waals surface area contributed by atoms with Gasteiger partial charge in [0.15, 0.2) is 11.5 Å². The van der Waals surface area contributed by atoms with E-state index in [1.807, 2.05) is 4.90 Å². The highest BCUT2D eigenvalue weighted by Crippen LogP contribution is 2.32. The molecule has 2 aromatic heterocycles. The van der Waals surface area contributed by atoms with Crippen molar-refractivity contribution in [2.75, 3.05) is 24.6 Å². The first-order valence-corrected chi connectivity index (χ1v) is 9.07. The first kappa shape index (κ1) is 18.2. The maximum Gasteiger partial charge on any atom is 0.250 e. The molecular weight excluding hydrogens is 365 g/mol. The van der Waals surface area contributed by atoms with E-state index in [9.17, 15) is 9.18 Å². The lowest BCUT2D eigenvalue weighted by atomic mass is 9.95. The normalized spacial score (nSPS) is 20.2. The SMILES string of the molecule is N#Cc1nc(N2CCC(C(=O)N3OCC[C@H]3c3cnccn3)CC2)ncc1F. The van der Waals surface area contributed by atoms with Gasteiger partial charge < -0.3 is 4.90 Å². The van der Waals surface area contributed by atoms with Gasteiger partial charge in [-0.15, -0.1) is 0 Å². The zero-order valence-electron chi connectivity index (χ0n) is 15.0. The van der Waals surface area contributed by atoms with E-state index in [0.29, 0.717) is 44.9 Å². The Morgan fingerprint density at radius 3 is 2.75 bits per heavy atom. The average molecular weight is 383 g/mol. The maximum atomic E-state index is 13.4. The van der Waals surface area contributed by atoms with E-state index in [0.717, 1.165) is 11.9 Å². The molecule has 2 aromatic rings. The summed E-state index contributed by atoms with van der Waals surface area (Å²) in [5, 5.41) is 10.4. The minimum absolute atomic E-state index is 0.0643. The number of hydrogen-bond acceptors (Lipinski definition) is 8. The van der Waals surface area contributed by atoms with Crippen molar-refractivity contribution in [2.24, 2.45) is 5.92 Å². The lowest BCUT2D eigenvalue weighted by molar-refractivity contribution is -0.182. The van der Waals surface area contributed by atoms with Crippen LogP contribution in [-0.4, -0.2) is 50.6 Å². The van der Waals surface area contributed by atoms with Crippen molar-refractivity contribution >= 4 is 11.9 Å². The van der Waals surface area contributed by atoms with Gasteiger partial charge in [-0.05, 0) is 12.8 Å². The molecular formula is C18H18FN7O2. The van der Waals surface area contributed by atoms with Gasteiger partial charge in [-0.1, -0.05) is 0 Å². The van der Waals surface area contributed by atoms with Crippen LogP contribution < -0.4 is 4.90 Å². The summed E-state index contributed by atoms with van der Waals surface area (Å²) in [6.45, 7) is 1.54. The molecule has 2 aliphatic heterocycles. The van der Waals surface area contributed by atoms with Gasteiger partial charge in [-0.3, -0.25) is 19.6 Å². The van der Waals surface area contributed by atoms with Crippen molar-refractivity contribution in [3.05, 3.63) is 42.0 Å². The van der Waals surface area contributed by atoms with Crippen molar-refractivity contribution in [3.63, 3.8) is 0 Å². The summed E-state index contributed by atoms with van der Waals surface area (Å²) >= 11 is 0. The number of rotatable bonds is 3. The second kappa shape index (κ2) is 7.82. The highest BCUT2D eigenvalue weighted by Gasteiger charge is 2.38. The molecule has 2 aliphatic rings. The predicted octanol–water partition coefficient (Wildman–Crippen LogP) is 1.40. The number of halogens is 1. The number of amides is 1. The quantitative estimate of drug-likeness (QED) is 0.783. The van der Waals surface area contributed by atoms with E-state index in [4.69, 9.17) is 10.1 Å². The first-order chi connectivity index (χ1) is 13.7. The summed E-state index contributed by atoms with van der Waals surface area (Å²) in [7, 11) is 0. The topological polar surface area (TPSA) is 108 Å². The van der Waals surface area contributed by atoms with Crippen LogP contribution in [-0.2, 0) is 9.63 Å². The molecule has 1 amide bonds. The molecule has 0 aromatic carbocycles. The molecule has 4 heterocycles. The monoisotopic (exact) mass is 383 g/mol. The molecule has 4 rings (SSSR count). The van der Waals surface area contributed by atoms with Crippen LogP contribution in [0.5, 0.6) is 0 Å². The minimum Gasteiger partial charge on any atom is -0.341 e. The first-order valence-electron chi connectivity index (χ1n) is 9.07. The van der Waals surface area contributed by atoms with Crippen LogP contribution in [0.1, 0.15) is 36.7 Å². The number of carbonyl (C=O) groups excluding carboxylic acids is 1. The van der Waals surface area contributed by atoms with Gasteiger partial charge in [0.05, 0.1) is 24.7 Å². The molecule has 144 valence electrons. The summed E-state index contributed by atoms with van der Waals surface area (Å²) in [5.74, 6) is -0.689. The lowest BCUT2D eigenvalue weighted by Gasteiger charge is -2.33. The fourth-order valence-corrected chi connectivity index (χ4v) is 3.53. The number of hydrogen-bond donors (Lipinski definition) is 0. The number of nitriles is 1. The van der Waals surface area contributed by atoms with Gasteiger partial charge in [0, 0.05) is 37.8 Å². The number of aromatic nitrogens is 4. The minimum atomic E-state index is -0.738. The Morgan fingerprint density at radius 2 is 2.04 bits per heavy atom. The maximum absolute atomic E-state index is 13.4. The average Bonchev–Trinajstić information content (AvgIpc) is 3.24. The van der Waals surface area contributed by atoms with E-state index >= 15 is 0 Å². The molecule has 0 aliphatic carbocycles. The highest BCUT2D eigenvalue weighted by molar-refractivity contribution is 5.78. The fourth-order valence-electron chi connectivity index (χ4n) is 3.53. The Hall–Kier alpha value is -3.19. The number of nitrogens with zero attached hydrogens (tertiary/aromatic N) is 7. The van der Waals surface area contributed by atoms with E-state index in [-0.39, 0.29) is 23.6 Å². The number of hydroxylamine groups is 2. The molecule has 0 spiro atoms. The molecule has 28 heavy (non-hydrogen) atoms. The predicted molar refractivity (Wildman–Crippen MR) is 93.8 cm³/mol. The van der Waals surface area contributed by atoms with Crippen LogP contribution in [0.2, 0.25) is 0 Å². The van der Waals surface area contributed by atoms with Crippen LogP contribution in [0, 0.1) is 23.1 Å². The smallest absolute Gasteiger partial charge is 0.250 e. The largest absolute Gasteiger partial charge is 0.341 e. The van der Waals surface area contributed by atoms with Crippen molar-refractivity contribution < 1.29 is 14.0 Å². The Balaban J connectivity index is 1.41. The Labute approximate surface area is 160 Å². The third-order valence-electron chi connectivity index (χ3n) is 5.01. The lowest BCUT2D eigenvalue weighted by Crippen LogP contribution is -2.42. The molecule has 0 N–H and O–H groups in total. The van der Waals surface area contributed by atoms with Crippen molar-refractivity contribution in [3.8, 4) is 6.07 Å². The van der Waals surface area contributed by atoms with Gasteiger partial charge >= 0.3 is 0 Å². The summed E-state index contributed by atoms with van der Waals surface area (Å²) in [6.07, 6.45) is 7.72. The fraction of sp³-hybridized carbons (Fsp3) is 0.444. The molecule has 0 unspecified atom stereocenters. The van der Waals surface area contributed by atoms with E-state index in [1.54, 1.807) is 24.7 Å². The highest BCUT2D eigenvalue weighted by atomic mass is 19.1. The van der Waals surface area contributed by atoms with Crippen LogP contribution in [0.4, 0.5) is 10.3 Å². The van der Waals surface area contributed by atoms with Crippen molar-refractivity contribution in [1.29, 1.82) is 5.26 Å². The summed E-state index contributed by atoms with van der Waals surface area (Å²) in [4.78, 5) is 36.7. The Morgan fingerprint density at radius 1 is 1.21 bits per heavy atom. The van der Waals surface area contributed by atoms with Gasteiger partial charge in [0.2, 0.25) is 11.9 Å². The zero-order chi connectivity index (χ0) is 19.5. The molecule has 2 saturated heterocycles. The van der Waals surface area contributed by atoms with Gasteiger partial charge in [-0.25, -0.2) is 14.4 Å². The van der Waals surface area contributed by atoms with Crippen LogP contribution in [0.15, 0.2) is 24.8 Å². The van der Waals surface area contributed by atoms with E-state index in [1.165, 1.54) is 5.06 Å². The number of anilines is 1. The van der Waals surface area contributed by atoms with E-state index in [2.05, 4.69) is 19.9 Å². The summed E-state index contributed by atoms with van der Waals surface area (Å²) in [6, 6.07) is 1.49. The zero-order valence-corrected chi connectivity index (χ0v) is 15.0. The standard InChI is InChI=1S/C18H18FN7O2/c19-13-10-23-18(24-14(13)9-20)25-6-1-12(2-7-25)17(27)26-16(3-8-28-26)15-11-21-4-5-22-15/h4-5,10-12,16H,1-3,6-8H2/t16-/m0/s1. The molecule has 0 saturated carbocycles. The summed E-state index contributed by atoms with van der Waals surface area (Å²) < 4.78 is 13.4. The molecule has 0 bridgehead atoms. The number of carbonyl (C=O) groups is 1.